The normalized spacial score (nSPS) is 17.8. The lowest BCUT2D eigenvalue weighted by Crippen LogP contribution is -2.40. The van der Waals surface area contributed by atoms with Gasteiger partial charge in [0.2, 0.25) is 16.4 Å². The maximum atomic E-state index is 11.9. The van der Waals surface area contributed by atoms with Crippen molar-refractivity contribution in [2.24, 2.45) is 0 Å². The van der Waals surface area contributed by atoms with E-state index in [1.54, 1.807) is 6.92 Å². The summed E-state index contributed by atoms with van der Waals surface area (Å²) in [4.78, 5) is 3.82. The molecule has 1 aliphatic rings. The Morgan fingerprint density at radius 3 is 2.94 bits per heavy atom. The Hall–Kier alpha value is -0.990. The number of rotatable bonds is 8. The second-order valence-electron chi connectivity index (χ2n) is 4.53. The molecular weight excluding hydrogens is 256 g/mol. The molecule has 0 bridgehead atoms. The molecule has 1 aromatic heterocycles. The third-order valence-electron chi connectivity index (χ3n) is 2.86. The summed E-state index contributed by atoms with van der Waals surface area (Å²) in [6.45, 7) is 2.48. The number of hydrogen-bond donors (Lipinski definition) is 2. The minimum atomic E-state index is -3.28. The first-order valence-electron chi connectivity index (χ1n) is 6.05. The SMILES string of the molecule is CC(CNC1CC1)S(=O)(=O)NCCc1ncon1. The molecule has 18 heavy (non-hydrogen) atoms. The third kappa shape index (κ3) is 4.04. The van der Waals surface area contributed by atoms with Crippen molar-refractivity contribution in [2.45, 2.75) is 37.5 Å². The molecule has 0 aliphatic heterocycles. The van der Waals surface area contributed by atoms with Gasteiger partial charge in [-0.25, -0.2) is 13.1 Å². The highest BCUT2D eigenvalue weighted by Crippen LogP contribution is 2.18. The molecule has 2 rings (SSSR count). The van der Waals surface area contributed by atoms with Gasteiger partial charge in [-0.15, -0.1) is 0 Å². The van der Waals surface area contributed by atoms with Crippen molar-refractivity contribution >= 4 is 10.0 Å². The summed E-state index contributed by atoms with van der Waals surface area (Å²) in [7, 11) is -3.28. The van der Waals surface area contributed by atoms with E-state index in [1.807, 2.05) is 0 Å². The summed E-state index contributed by atoms with van der Waals surface area (Å²) in [5, 5.41) is 6.38. The van der Waals surface area contributed by atoms with Gasteiger partial charge in [-0.2, -0.15) is 4.98 Å². The van der Waals surface area contributed by atoms with Gasteiger partial charge in [0, 0.05) is 25.6 Å². The average Bonchev–Trinajstić information content (AvgIpc) is 3.02. The predicted molar refractivity (Wildman–Crippen MR) is 65.4 cm³/mol. The third-order valence-corrected chi connectivity index (χ3v) is 4.69. The molecule has 1 heterocycles. The lowest BCUT2D eigenvalue weighted by Gasteiger charge is -2.14. The van der Waals surface area contributed by atoms with Gasteiger partial charge in [0.05, 0.1) is 5.25 Å². The van der Waals surface area contributed by atoms with E-state index in [4.69, 9.17) is 0 Å². The van der Waals surface area contributed by atoms with Crippen molar-refractivity contribution in [1.82, 2.24) is 20.2 Å². The van der Waals surface area contributed by atoms with E-state index >= 15 is 0 Å². The summed E-state index contributed by atoms with van der Waals surface area (Å²) in [5.41, 5.74) is 0. The van der Waals surface area contributed by atoms with Crippen LogP contribution in [0.5, 0.6) is 0 Å². The van der Waals surface area contributed by atoms with Gasteiger partial charge >= 0.3 is 0 Å². The lowest BCUT2D eigenvalue weighted by molar-refractivity contribution is 0.409. The van der Waals surface area contributed by atoms with Crippen LogP contribution in [-0.4, -0.2) is 42.9 Å². The molecule has 0 saturated heterocycles. The number of nitrogens with one attached hydrogen (secondary N) is 2. The fourth-order valence-electron chi connectivity index (χ4n) is 1.48. The van der Waals surface area contributed by atoms with E-state index in [0.717, 1.165) is 12.8 Å². The standard InChI is InChI=1S/C10H18N4O3S/c1-8(6-11-9-2-3-9)18(15,16)13-5-4-10-12-7-17-14-10/h7-9,11,13H,2-6H2,1H3. The van der Waals surface area contributed by atoms with Crippen molar-refractivity contribution in [1.29, 1.82) is 0 Å². The van der Waals surface area contributed by atoms with E-state index < -0.39 is 15.3 Å². The molecule has 2 N–H and O–H groups in total. The van der Waals surface area contributed by atoms with Gasteiger partial charge in [-0.05, 0) is 19.8 Å². The van der Waals surface area contributed by atoms with E-state index in [-0.39, 0.29) is 6.54 Å². The fourth-order valence-corrected chi connectivity index (χ4v) is 2.47. The molecule has 0 spiro atoms. The minimum absolute atomic E-state index is 0.287. The predicted octanol–water partition coefficient (Wildman–Crippen LogP) is -0.328. The highest BCUT2D eigenvalue weighted by atomic mass is 32.2. The number of nitrogens with zero attached hydrogens (tertiary/aromatic N) is 2. The van der Waals surface area contributed by atoms with Crippen LogP contribution in [0.25, 0.3) is 0 Å². The summed E-state index contributed by atoms with van der Waals surface area (Å²) in [6.07, 6.45) is 3.96. The van der Waals surface area contributed by atoms with Gasteiger partial charge < -0.3 is 9.84 Å². The summed E-state index contributed by atoms with van der Waals surface area (Å²) >= 11 is 0. The largest absolute Gasteiger partial charge is 0.343 e. The van der Waals surface area contributed by atoms with Gasteiger partial charge in [0.15, 0.2) is 5.82 Å². The Morgan fingerprint density at radius 2 is 2.33 bits per heavy atom. The Kier molecular flexibility index (Phi) is 4.31. The molecule has 7 nitrogen and oxygen atoms in total. The highest BCUT2D eigenvalue weighted by molar-refractivity contribution is 7.90. The first-order chi connectivity index (χ1) is 8.58. The molecule has 8 heteroatoms. The molecule has 1 aromatic rings. The van der Waals surface area contributed by atoms with Gasteiger partial charge in [-0.3, -0.25) is 0 Å². The zero-order valence-corrected chi connectivity index (χ0v) is 11.1. The van der Waals surface area contributed by atoms with Crippen LogP contribution in [-0.2, 0) is 16.4 Å². The van der Waals surface area contributed by atoms with E-state index in [1.165, 1.54) is 6.39 Å². The Bertz CT molecular complexity index is 455. The molecule has 1 atom stereocenters. The topological polar surface area (TPSA) is 97.1 Å². The molecule has 0 radical (unpaired) electrons. The van der Waals surface area contributed by atoms with Gasteiger partial charge in [0.1, 0.15) is 0 Å². The van der Waals surface area contributed by atoms with Gasteiger partial charge in [-0.1, -0.05) is 5.16 Å². The molecule has 102 valence electrons. The van der Waals surface area contributed by atoms with Crippen molar-refractivity contribution < 1.29 is 12.9 Å². The van der Waals surface area contributed by atoms with E-state index in [9.17, 15) is 8.42 Å². The van der Waals surface area contributed by atoms with Crippen LogP contribution in [0.1, 0.15) is 25.6 Å². The molecule has 0 aromatic carbocycles. The van der Waals surface area contributed by atoms with Crippen LogP contribution in [0.15, 0.2) is 10.9 Å². The quantitative estimate of drug-likeness (QED) is 0.674. The van der Waals surface area contributed by atoms with Crippen LogP contribution in [0.3, 0.4) is 0 Å². The monoisotopic (exact) mass is 274 g/mol. The number of aromatic nitrogens is 2. The van der Waals surface area contributed by atoms with Crippen LogP contribution in [0.4, 0.5) is 0 Å². The molecule has 0 amide bonds. The molecular formula is C10H18N4O3S. The maximum absolute atomic E-state index is 11.9. The second-order valence-corrected chi connectivity index (χ2v) is 6.71. The van der Waals surface area contributed by atoms with Crippen molar-refractivity contribution in [3.8, 4) is 0 Å². The van der Waals surface area contributed by atoms with Crippen molar-refractivity contribution in [3.05, 3.63) is 12.2 Å². The Morgan fingerprint density at radius 1 is 1.56 bits per heavy atom. The summed E-state index contributed by atoms with van der Waals surface area (Å²) < 4.78 is 30.9. The Labute approximate surface area is 106 Å². The summed E-state index contributed by atoms with van der Waals surface area (Å²) in [6, 6.07) is 0.516. The second kappa shape index (κ2) is 5.77. The van der Waals surface area contributed by atoms with Crippen molar-refractivity contribution in [3.63, 3.8) is 0 Å². The van der Waals surface area contributed by atoms with Crippen LogP contribution < -0.4 is 10.0 Å². The zero-order valence-electron chi connectivity index (χ0n) is 10.3. The first kappa shape index (κ1) is 13.4. The van der Waals surface area contributed by atoms with Crippen LogP contribution >= 0.6 is 0 Å². The Balaban J connectivity index is 1.71. The first-order valence-corrected chi connectivity index (χ1v) is 7.59. The molecule has 1 aliphatic carbocycles. The highest BCUT2D eigenvalue weighted by Gasteiger charge is 2.25. The van der Waals surface area contributed by atoms with Gasteiger partial charge in [0.25, 0.3) is 0 Å². The maximum Gasteiger partial charge on any atom is 0.215 e. The minimum Gasteiger partial charge on any atom is -0.343 e. The smallest absolute Gasteiger partial charge is 0.215 e. The lowest BCUT2D eigenvalue weighted by atomic mass is 10.4. The average molecular weight is 274 g/mol. The van der Waals surface area contributed by atoms with E-state index in [0.29, 0.717) is 24.8 Å². The molecule has 1 saturated carbocycles. The fraction of sp³-hybridized carbons (Fsp3) is 0.800. The van der Waals surface area contributed by atoms with Crippen molar-refractivity contribution in [2.75, 3.05) is 13.1 Å². The van der Waals surface area contributed by atoms with E-state index in [2.05, 4.69) is 24.7 Å². The number of sulfonamides is 1. The number of hydrogen-bond acceptors (Lipinski definition) is 6. The van der Waals surface area contributed by atoms with Crippen LogP contribution in [0.2, 0.25) is 0 Å². The summed E-state index contributed by atoms with van der Waals surface area (Å²) in [5.74, 6) is 0.501. The molecule has 1 fully saturated rings. The zero-order chi connectivity index (χ0) is 13.0. The van der Waals surface area contributed by atoms with Crippen LogP contribution in [0, 0.1) is 0 Å². The molecule has 1 unspecified atom stereocenters.